The Balaban J connectivity index is 1.45. The minimum atomic E-state index is -0.0391. The maximum Gasteiger partial charge on any atom is 0.227 e. The van der Waals surface area contributed by atoms with E-state index in [1.807, 2.05) is 36.7 Å². The van der Waals surface area contributed by atoms with E-state index < -0.39 is 0 Å². The number of aryl methyl sites for hydroxylation is 1. The number of rotatable bonds is 4. The van der Waals surface area contributed by atoms with Crippen LogP contribution >= 0.6 is 0 Å². The van der Waals surface area contributed by atoms with Crippen LogP contribution in [0.3, 0.4) is 0 Å². The van der Waals surface area contributed by atoms with E-state index in [1.165, 1.54) is 4.80 Å². The van der Waals surface area contributed by atoms with Crippen LogP contribution in [0.2, 0.25) is 0 Å². The summed E-state index contributed by atoms with van der Waals surface area (Å²) in [5.41, 5.74) is 3.17. The van der Waals surface area contributed by atoms with Gasteiger partial charge in [-0.05, 0) is 55.3 Å². The highest BCUT2D eigenvalue weighted by molar-refractivity contribution is 5.58. The first kappa shape index (κ1) is 18.9. The number of anilines is 1. The summed E-state index contributed by atoms with van der Waals surface area (Å²) in [6, 6.07) is 13.2. The van der Waals surface area contributed by atoms with Crippen molar-refractivity contribution in [1.29, 1.82) is 5.26 Å². The zero-order valence-corrected chi connectivity index (χ0v) is 17.2. The molecule has 10 nitrogen and oxygen atoms in total. The number of nitriles is 1. The van der Waals surface area contributed by atoms with Crippen molar-refractivity contribution >= 4 is 5.95 Å². The number of hydrogen-bond donors (Lipinski definition) is 0. The second-order valence-corrected chi connectivity index (χ2v) is 7.52. The summed E-state index contributed by atoms with van der Waals surface area (Å²) in [6.07, 6.45) is 3.68. The highest BCUT2D eigenvalue weighted by Gasteiger charge is 2.33. The molecule has 1 aromatic carbocycles. The van der Waals surface area contributed by atoms with Gasteiger partial charge < -0.3 is 4.90 Å². The van der Waals surface area contributed by atoms with Crippen molar-refractivity contribution in [2.75, 3.05) is 11.4 Å². The predicted octanol–water partition coefficient (Wildman–Crippen LogP) is 2.37. The lowest BCUT2D eigenvalue weighted by atomic mass is 10.2. The fourth-order valence-corrected chi connectivity index (χ4v) is 3.95. The maximum absolute atomic E-state index is 9.13. The second kappa shape index (κ2) is 7.60. The van der Waals surface area contributed by atoms with Crippen molar-refractivity contribution in [3.8, 4) is 23.1 Å². The summed E-state index contributed by atoms with van der Waals surface area (Å²) in [5, 5.41) is 31.1. The van der Waals surface area contributed by atoms with Gasteiger partial charge in [0.15, 0.2) is 11.6 Å². The van der Waals surface area contributed by atoms with Gasteiger partial charge in [0, 0.05) is 31.0 Å². The van der Waals surface area contributed by atoms with Gasteiger partial charge in [-0.25, -0.2) is 0 Å². The smallest absolute Gasteiger partial charge is 0.227 e. The summed E-state index contributed by atoms with van der Waals surface area (Å²) in [4.78, 5) is 7.90. The van der Waals surface area contributed by atoms with Crippen LogP contribution in [0, 0.1) is 18.3 Å². The molecule has 1 saturated heterocycles. The minimum Gasteiger partial charge on any atom is -0.330 e. The first-order valence-electron chi connectivity index (χ1n) is 10.0. The molecule has 0 aliphatic carbocycles. The lowest BCUT2D eigenvalue weighted by molar-refractivity contribution is 0.639. The predicted molar refractivity (Wildman–Crippen MR) is 112 cm³/mol. The standard InChI is InChI=1S/C21H20N10/c1-14-11-16(8-9-23-14)20-25-26-21(29(20)2)30-10-4-7-18(30)19-24-28-31(27-19)17-6-3-5-15(12-17)13-22/h3,5-6,8-9,11-12,18H,4,7,10H2,1-2H3/t18-/m1/s1. The average molecular weight is 412 g/mol. The number of pyridine rings is 1. The molecular formula is C21H20N10. The molecule has 3 aromatic heterocycles. The van der Waals surface area contributed by atoms with E-state index in [4.69, 9.17) is 5.26 Å². The van der Waals surface area contributed by atoms with Gasteiger partial charge in [0.25, 0.3) is 0 Å². The van der Waals surface area contributed by atoms with Crippen molar-refractivity contribution in [1.82, 2.24) is 40.0 Å². The molecule has 1 atom stereocenters. The van der Waals surface area contributed by atoms with E-state index in [0.29, 0.717) is 17.1 Å². The molecule has 0 spiro atoms. The molecule has 1 aliphatic rings. The molecule has 0 amide bonds. The molecule has 0 unspecified atom stereocenters. The molecule has 0 N–H and O–H groups in total. The summed E-state index contributed by atoms with van der Waals surface area (Å²) in [5.74, 6) is 2.19. The Morgan fingerprint density at radius 2 is 2.03 bits per heavy atom. The number of hydrogen-bond acceptors (Lipinski definition) is 8. The van der Waals surface area contributed by atoms with Crippen LogP contribution in [0.1, 0.15) is 36.0 Å². The summed E-state index contributed by atoms with van der Waals surface area (Å²) < 4.78 is 1.99. The van der Waals surface area contributed by atoms with E-state index in [2.05, 4.69) is 41.6 Å². The molecule has 4 aromatic rings. The molecule has 5 rings (SSSR count). The Hall–Kier alpha value is -4.13. The third-order valence-corrected chi connectivity index (χ3v) is 5.45. The summed E-state index contributed by atoms with van der Waals surface area (Å²) >= 11 is 0. The lowest BCUT2D eigenvalue weighted by Crippen LogP contribution is -2.26. The molecule has 154 valence electrons. The number of nitrogens with zero attached hydrogens (tertiary/aromatic N) is 10. The molecule has 0 saturated carbocycles. The molecule has 31 heavy (non-hydrogen) atoms. The normalized spacial score (nSPS) is 15.9. The Morgan fingerprint density at radius 3 is 2.87 bits per heavy atom. The van der Waals surface area contributed by atoms with Crippen LogP contribution in [-0.2, 0) is 7.05 Å². The zero-order chi connectivity index (χ0) is 21.4. The quantitative estimate of drug-likeness (QED) is 0.502. The van der Waals surface area contributed by atoms with Gasteiger partial charge in [0.1, 0.15) is 0 Å². The van der Waals surface area contributed by atoms with Gasteiger partial charge in [-0.2, -0.15) is 5.26 Å². The fraction of sp³-hybridized carbons (Fsp3) is 0.286. The highest BCUT2D eigenvalue weighted by Crippen LogP contribution is 2.34. The lowest BCUT2D eigenvalue weighted by Gasteiger charge is -2.22. The van der Waals surface area contributed by atoms with E-state index in [9.17, 15) is 0 Å². The van der Waals surface area contributed by atoms with E-state index in [-0.39, 0.29) is 6.04 Å². The Bertz CT molecular complexity index is 1280. The maximum atomic E-state index is 9.13. The third-order valence-electron chi connectivity index (χ3n) is 5.45. The number of benzene rings is 1. The molecule has 4 heterocycles. The number of tetrazole rings is 1. The first-order valence-corrected chi connectivity index (χ1v) is 10.0. The van der Waals surface area contributed by atoms with Crippen LogP contribution in [-0.4, -0.2) is 46.5 Å². The molecular weight excluding hydrogens is 392 g/mol. The van der Waals surface area contributed by atoms with Gasteiger partial charge >= 0.3 is 0 Å². The van der Waals surface area contributed by atoms with E-state index >= 15 is 0 Å². The van der Waals surface area contributed by atoms with Crippen molar-refractivity contribution in [2.45, 2.75) is 25.8 Å². The average Bonchev–Trinajstić information content (AvgIpc) is 3.53. The van der Waals surface area contributed by atoms with E-state index in [0.717, 1.165) is 42.4 Å². The summed E-state index contributed by atoms with van der Waals surface area (Å²) in [6.45, 7) is 2.79. The molecule has 1 aliphatic heterocycles. The Labute approximate surface area is 178 Å². The first-order chi connectivity index (χ1) is 15.1. The molecule has 10 heteroatoms. The minimum absolute atomic E-state index is 0.0391. The van der Waals surface area contributed by atoms with Gasteiger partial charge in [0.2, 0.25) is 5.95 Å². The van der Waals surface area contributed by atoms with Crippen molar-refractivity contribution < 1.29 is 0 Å². The Morgan fingerprint density at radius 1 is 1.13 bits per heavy atom. The van der Waals surface area contributed by atoms with Gasteiger partial charge in [0.05, 0.1) is 23.4 Å². The van der Waals surface area contributed by atoms with Crippen molar-refractivity contribution in [3.63, 3.8) is 0 Å². The van der Waals surface area contributed by atoms with Gasteiger partial charge in [-0.15, -0.1) is 25.2 Å². The van der Waals surface area contributed by atoms with Crippen LogP contribution in [0.5, 0.6) is 0 Å². The van der Waals surface area contributed by atoms with Crippen molar-refractivity contribution in [2.24, 2.45) is 7.05 Å². The van der Waals surface area contributed by atoms with Crippen molar-refractivity contribution in [3.05, 3.63) is 59.7 Å². The monoisotopic (exact) mass is 412 g/mol. The second-order valence-electron chi connectivity index (χ2n) is 7.52. The third kappa shape index (κ3) is 3.40. The summed E-state index contributed by atoms with van der Waals surface area (Å²) in [7, 11) is 1.97. The van der Waals surface area contributed by atoms with E-state index in [1.54, 1.807) is 24.4 Å². The fourth-order valence-electron chi connectivity index (χ4n) is 3.95. The van der Waals surface area contributed by atoms with Crippen LogP contribution in [0.15, 0.2) is 42.6 Å². The van der Waals surface area contributed by atoms with Gasteiger partial charge in [-0.1, -0.05) is 6.07 Å². The highest BCUT2D eigenvalue weighted by atomic mass is 15.6. The van der Waals surface area contributed by atoms with Crippen LogP contribution in [0.25, 0.3) is 17.1 Å². The topological polar surface area (TPSA) is 114 Å². The van der Waals surface area contributed by atoms with Gasteiger partial charge in [-0.3, -0.25) is 9.55 Å². The Kier molecular flexibility index (Phi) is 4.63. The molecule has 0 radical (unpaired) electrons. The molecule has 1 fully saturated rings. The number of aromatic nitrogens is 8. The zero-order valence-electron chi connectivity index (χ0n) is 17.2. The molecule has 0 bridgehead atoms. The largest absolute Gasteiger partial charge is 0.330 e. The SMILES string of the molecule is Cc1cc(-c2nnc(N3CCC[C@@H]3c3nnn(-c4cccc(C#N)c4)n3)n2C)ccn1. The van der Waals surface area contributed by atoms with Crippen LogP contribution in [0.4, 0.5) is 5.95 Å². The van der Waals surface area contributed by atoms with Crippen LogP contribution < -0.4 is 4.90 Å².